The van der Waals surface area contributed by atoms with Crippen molar-refractivity contribution in [3.05, 3.63) is 100.0 Å². The zero-order valence-electron chi connectivity index (χ0n) is 18.1. The van der Waals surface area contributed by atoms with E-state index in [0.29, 0.717) is 24.2 Å². The first-order valence-electron chi connectivity index (χ1n) is 10.6. The SMILES string of the molecule is COc1ccccc1CCNCc1c(C(=O)O)n(Cc2ccc(F)cc2Cl)c2ccccc12. The van der Waals surface area contributed by atoms with E-state index in [2.05, 4.69) is 5.32 Å². The van der Waals surface area contributed by atoms with Crippen molar-refractivity contribution < 1.29 is 19.0 Å². The van der Waals surface area contributed by atoms with Gasteiger partial charge in [0.25, 0.3) is 0 Å². The number of ether oxygens (including phenoxy) is 1. The summed E-state index contributed by atoms with van der Waals surface area (Å²) in [6.07, 6.45) is 0.746. The van der Waals surface area contributed by atoms with E-state index < -0.39 is 11.8 Å². The number of nitrogens with one attached hydrogen (secondary N) is 1. The van der Waals surface area contributed by atoms with E-state index in [-0.39, 0.29) is 17.3 Å². The lowest BCUT2D eigenvalue weighted by Gasteiger charge is -2.12. The van der Waals surface area contributed by atoms with Gasteiger partial charge in [-0.2, -0.15) is 0 Å². The van der Waals surface area contributed by atoms with Crippen LogP contribution in [0.25, 0.3) is 10.9 Å². The van der Waals surface area contributed by atoms with E-state index in [1.54, 1.807) is 17.7 Å². The molecule has 7 heteroatoms. The largest absolute Gasteiger partial charge is 0.496 e. The van der Waals surface area contributed by atoms with Gasteiger partial charge >= 0.3 is 5.97 Å². The molecule has 33 heavy (non-hydrogen) atoms. The first kappa shape index (κ1) is 22.8. The monoisotopic (exact) mass is 466 g/mol. The standard InChI is InChI=1S/C26H24ClFN2O3/c1-33-24-9-5-2-6-17(24)12-13-29-15-21-20-7-3-4-8-23(20)30(25(21)26(31)32)16-18-10-11-19(28)14-22(18)27/h2-11,14,29H,12-13,15-16H2,1H3,(H,31,32). The molecule has 4 aromatic rings. The van der Waals surface area contributed by atoms with E-state index in [4.69, 9.17) is 16.3 Å². The Morgan fingerprint density at radius 1 is 1.09 bits per heavy atom. The fourth-order valence-corrected chi connectivity index (χ4v) is 4.36. The second kappa shape index (κ2) is 10.1. The average Bonchev–Trinajstić information content (AvgIpc) is 3.12. The first-order valence-corrected chi connectivity index (χ1v) is 11.0. The molecule has 0 radical (unpaired) electrons. The number of aromatic nitrogens is 1. The van der Waals surface area contributed by atoms with E-state index >= 15 is 0 Å². The lowest BCUT2D eigenvalue weighted by molar-refractivity contribution is 0.0684. The third kappa shape index (κ3) is 4.87. The smallest absolute Gasteiger partial charge is 0.352 e. The summed E-state index contributed by atoms with van der Waals surface area (Å²) >= 11 is 6.23. The summed E-state index contributed by atoms with van der Waals surface area (Å²) in [5.74, 6) is -0.622. The maximum atomic E-state index is 13.5. The van der Waals surface area contributed by atoms with Gasteiger partial charge in [0.1, 0.15) is 17.3 Å². The minimum Gasteiger partial charge on any atom is -0.496 e. The van der Waals surface area contributed by atoms with Crippen LogP contribution in [0.5, 0.6) is 5.75 Å². The Morgan fingerprint density at radius 3 is 2.61 bits per heavy atom. The number of carboxylic acids is 1. The van der Waals surface area contributed by atoms with Gasteiger partial charge in [-0.1, -0.05) is 54.1 Å². The Bertz CT molecular complexity index is 1300. The highest BCUT2D eigenvalue weighted by molar-refractivity contribution is 6.31. The average molecular weight is 467 g/mol. The van der Waals surface area contributed by atoms with Gasteiger partial charge in [0.05, 0.1) is 7.11 Å². The Kier molecular flexibility index (Phi) is 6.96. The number of hydrogen-bond acceptors (Lipinski definition) is 3. The molecule has 1 aromatic heterocycles. The highest BCUT2D eigenvalue weighted by Crippen LogP contribution is 2.29. The van der Waals surface area contributed by atoms with Crippen LogP contribution in [-0.4, -0.2) is 29.3 Å². The van der Waals surface area contributed by atoms with Crippen molar-refractivity contribution in [3.63, 3.8) is 0 Å². The topological polar surface area (TPSA) is 63.5 Å². The fourth-order valence-electron chi connectivity index (χ4n) is 4.13. The number of carboxylic acid groups (broad SMARTS) is 1. The van der Waals surface area contributed by atoms with Crippen LogP contribution < -0.4 is 10.1 Å². The van der Waals surface area contributed by atoms with Crippen molar-refractivity contribution in [2.24, 2.45) is 0 Å². The summed E-state index contributed by atoms with van der Waals surface area (Å²) in [5, 5.41) is 14.6. The summed E-state index contributed by atoms with van der Waals surface area (Å²) < 4.78 is 20.6. The number of benzene rings is 3. The molecule has 0 saturated heterocycles. The van der Waals surface area contributed by atoms with Crippen LogP contribution in [0.15, 0.2) is 66.7 Å². The van der Waals surface area contributed by atoms with Crippen LogP contribution in [0.3, 0.4) is 0 Å². The van der Waals surface area contributed by atoms with Crippen LogP contribution in [0.4, 0.5) is 4.39 Å². The molecule has 0 unspecified atom stereocenters. The van der Waals surface area contributed by atoms with Crippen LogP contribution >= 0.6 is 11.6 Å². The number of hydrogen-bond donors (Lipinski definition) is 2. The van der Waals surface area contributed by atoms with Crippen molar-refractivity contribution in [3.8, 4) is 5.75 Å². The number of halogens is 2. The zero-order valence-corrected chi connectivity index (χ0v) is 18.9. The Morgan fingerprint density at radius 2 is 1.85 bits per heavy atom. The van der Waals surface area contributed by atoms with Crippen molar-refractivity contribution in [2.75, 3.05) is 13.7 Å². The Balaban J connectivity index is 1.62. The third-order valence-corrected chi connectivity index (χ3v) is 6.04. The van der Waals surface area contributed by atoms with Gasteiger partial charge in [-0.15, -0.1) is 0 Å². The number of rotatable bonds is 9. The predicted molar refractivity (Wildman–Crippen MR) is 128 cm³/mol. The van der Waals surface area contributed by atoms with Crippen molar-refractivity contribution in [1.82, 2.24) is 9.88 Å². The Labute approximate surface area is 196 Å². The summed E-state index contributed by atoms with van der Waals surface area (Å²) in [5.41, 5.74) is 3.42. The number of methoxy groups -OCH3 is 1. The normalized spacial score (nSPS) is 11.1. The number of aromatic carboxylic acids is 1. The van der Waals surface area contributed by atoms with Crippen molar-refractivity contribution in [2.45, 2.75) is 19.5 Å². The zero-order chi connectivity index (χ0) is 23.4. The number of carbonyl (C=O) groups is 1. The summed E-state index contributed by atoms with van der Waals surface area (Å²) in [4.78, 5) is 12.3. The maximum Gasteiger partial charge on any atom is 0.352 e. The van der Waals surface area contributed by atoms with Gasteiger partial charge < -0.3 is 19.7 Å². The lowest BCUT2D eigenvalue weighted by Crippen LogP contribution is -2.19. The molecule has 0 fully saturated rings. The molecule has 0 spiro atoms. The molecule has 0 aliphatic heterocycles. The highest BCUT2D eigenvalue weighted by Gasteiger charge is 2.22. The Hall–Kier alpha value is -3.35. The van der Waals surface area contributed by atoms with Gasteiger partial charge in [-0.25, -0.2) is 9.18 Å². The molecule has 2 N–H and O–H groups in total. The van der Waals surface area contributed by atoms with E-state index in [9.17, 15) is 14.3 Å². The molecule has 0 atom stereocenters. The van der Waals surface area contributed by atoms with Gasteiger partial charge in [0, 0.05) is 34.6 Å². The molecule has 0 bridgehead atoms. The van der Waals surface area contributed by atoms with Gasteiger partial charge in [-0.3, -0.25) is 0 Å². The second-order valence-corrected chi connectivity index (χ2v) is 8.12. The van der Waals surface area contributed by atoms with E-state index in [1.807, 2.05) is 48.5 Å². The molecule has 0 amide bonds. The van der Waals surface area contributed by atoms with Gasteiger partial charge in [0.2, 0.25) is 0 Å². The molecule has 4 rings (SSSR count). The predicted octanol–water partition coefficient (Wildman–Crippen LogP) is 5.52. The molecule has 3 aromatic carbocycles. The van der Waals surface area contributed by atoms with Crippen LogP contribution in [0.1, 0.15) is 27.2 Å². The quantitative estimate of drug-likeness (QED) is 0.319. The minimum atomic E-state index is -1.02. The second-order valence-electron chi connectivity index (χ2n) is 7.71. The number of nitrogens with zero attached hydrogens (tertiary/aromatic N) is 1. The fraction of sp³-hybridized carbons (Fsp3) is 0.192. The molecular weight excluding hydrogens is 443 g/mol. The summed E-state index contributed by atoms with van der Waals surface area (Å²) in [6, 6.07) is 19.6. The molecule has 0 aliphatic rings. The first-order chi connectivity index (χ1) is 16.0. The van der Waals surface area contributed by atoms with Crippen LogP contribution in [0, 0.1) is 5.82 Å². The highest BCUT2D eigenvalue weighted by atomic mass is 35.5. The third-order valence-electron chi connectivity index (χ3n) is 5.69. The summed E-state index contributed by atoms with van der Waals surface area (Å²) in [7, 11) is 1.65. The molecule has 170 valence electrons. The maximum absolute atomic E-state index is 13.5. The van der Waals surface area contributed by atoms with Crippen molar-refractivity contribution >= 4 is 28.5 Å². The molecule has 0 saturated carbocycles. The van der Waals surface area contributed by atoms with Crippen molar-refractivity contribution in [1.29, 1.82) is 0 Å². The van der Waals surface area contributed by atoms with Gasteiger partial charge in [0.15, 0.2) is 0 Å². The minimum absolute atomic E-state index is 0.196. The molecule has 5 nitrogen and oxygen atoms in total. The number of fused-ring (bicyclic) bond motifs is 1. The molecular formula is C26H24ClFN2O3. The molecule has 1 heterocycles. The van der Waals surface area contributed by atoms with Gasteiger partial charge in [-0.05, 0) is 48.4 Å². The van der Waals surface area contributed by atoms with Crippen LogP contribution in [-0.2, 0) is 19.5 Å². The lowest BCUT2D eigenvalue weighted by atomic mass is 10.1. The van der Waals surface area contributed by atoms with E-state index in [1.165, 1.54) is 12.1 Å². The summed E-state index contributed by atoms with van der Waals surface area (Å²) in [6.45, 7) is 1.27. The number of para-hydroxylation sites is 2. The van der Waals surface area contributed by atoms with Crippen LogP contribution in [0.2, 0.25) is 5.02 Å². The molecule has 0 aliphatic carbocycles. The van der Waals surface area contributed by atoms with E-state index in [0.717, 1.165) is 28.6 Å².